The van der Waals surface area contributed by atoms with Crippen LogP contribution in [0, 0.1) is 6.92 Å². The zero-order valence-corrected chi connectivity index (χ0v) is 15.8. The number of aryl methyl sites for hydroxylation is 2. The van der Waals surface area contributed by atoms with E-state index in [0.717, 1.165) is 36.8 Å². The molecule has 0 bridgehead atoms. The van der Waals surface area contributed by atoms with Gasteiger partial charge < -0.3 is 10.1 Å². The van der Waals surface area contributed by atoms with Crippen LogP contribution in [-0.4, -0.2) is 34.9 Å². The normalized spacial score (nSPS) is 11.5. The third-order valence-electron chi connectivity index (χ3n) is 4.42. The van der Waals surface area contributed by atoms with Crippen LogP contribution in [0.2, 0.25) is 0 Å². The van der Waals surface area contributed by atoms with E-state index in [4.69, 9.17) is 4.74 Å². The maximum Gasteiger partial charge on any atom is 0.216 e. The zero-order chi connectivity index (χ0) is 17.7. The van der Waals surface area contributed by atoms with Gasteiger partial charge in [-0.05, 0) is 38.9 Å². The summed E-state index contributed by atoms with van der Waals surface area (Å²) in [7, 11) is 5.76. The number of aromatic nitrogens is 2. The summed E-state index contributed by atoms with van der Waals surface area (Å²) in [6.45, 7) is 9.00. The van der Waals surface area contributed by atoms with Crippen LogP contribution in [0.25, 0.3) is 0 Å². The average molecular weight is 330 g/mol. The molecule has 0 amide bonds. The second-order valence-corrected chi connectivity index (χ2v) is 6.63. The minimum Gasteiger partial charge on any atom is -0.481 e. The van der Waals surface area contributed by atoms with Crippen LogP contribution in [-0.2, 0) is 26.7 Å². The highest BCUT2D eigenvalue weighted by Gasteiger charge is 2.13. The molecule has 1 aromatic heterocycles. The fraction of sp³-hybridized carbons (Fsp3) is 0.526. The first kappa shape index (κ1) is 18.5. The van der Waals surface area contributed by atoms with Gasteiger partial charge in [0.2, 0.25) is 5.88 Å². The van der Waals surface area contributed by atoms with Gasteiger partial charge in [-0.15, -0.1) is 0 Å². The summed E-state index contributed by atoms with van der Waals surface area (Å²) in [6, 6.07) is 9.32. The lowest BCUT2D eigenvalue weighted by atomic mass is 10.1. The molecular weight excluding hydrogens is 300 g/mol. The highest BCUT2D eigenvalue weighted by atomic mass is 16.5. The Morgan fingerprint density at radius 2 is 1.96 bits per heavy atom. The molecule has 24 heavy (non-hydrogen) atoms. The third kappa shape index (κ3) is 4.58. The third-order valence-corrected chi connectivity index (χ3v) is 4.42. The highest BCUT2D eigenvalue weighted by molar-refractivity contribution is 5.31. The summed E-state index contributed by atoms with van der Waals surface area (Å²) in [5.41, 5.74) is 4.77. The second kappa shape index (κ2) is 8.31. The van der Waals surface area contributed by atoms with Gasteiger partial charge in [0.1, 0.15) is 0 Å². The van der Waals surface area contributed by atoms with Crippen molar-refractivity contribution in [1.82, 2.24) is 20.0 Å². The summed E-state index contributed by atoms with van der Waals surface area (Å²) in [5, 5.41) is 7.92. The molecule has 132 valence electrons. The maximum absolute atomic E-state index is 5.44. The zero-order valence-electron chi connectivity index (χ0n) is 15.8. The molecule has 0 aliphatic rings. The number of ether oxygens (including phenoxy) is 1. The van der Waals surface area contributed by atoms with E-state index in [1.807, 2.05) is 14.0 Å². The number of hydrogen-bond donors (Lipinski definition) is 1. The van der Waals surface area contributed by atoms with Gasteiger partial charge >= 0.3 is 0 Å². The molecule has 0 saturated heterocycles. The molecule has 0 aliphatic carbocycles. The predicted molar refractivity (Wildman–Crippen MR) is 98.1 cm³/mol. The topological polar surface area (TPSA) is 42.3 Å². The van der Waals surface area contributed by atoms with Crippen LogP contribution in [0.4, 0.5) is 0 Å². The first-order chi connectivity index (χ1) is 11.4. The van der Waals surface area contributed by atoms with Crippen molar-refractivity contribution in [3.8, 4) is 5.88 Å². The SMILES string of the molecule is COc1c(CNCc2cccc(CN(C)C(C)C)c2)c(C)nn1C. The fourth-order valence-corrected chi connectivity index (χ4v) is 2.78. The van der Waals surface area contributed by atoms with Crippen molar-refractivity contribution < 1.29 is 4.74 Å². The van der Waals surface area contributed by atoms with Gasteiger partial charge in [-0.2, -0.15) is 5.10 Å². The Hall–Kier alpha value is -1.85. The van der Waals surface area contributed by atoms with Crippen LogP contribution in [0.5, 0.6) is 5.88 Å². The van der Waals surface area contributed by atoms with E-state index >= 15 is 0 Å². The van der Waals surface area contributed by atoms with Crippen LogP contribution < -0.4 is 10.1 Å². The first-order valence-corrected chi connectivity index (χ1v) is 8.47. The summed E-state index contributed by atoms with van der Waals surface area (Å²) in [4.78, 5) is 2.34. The van der Waals surface area contributed by atoms with Crippen molar-refractivity contribution in [1.29, 1.82) is 0 Å². The van der Waals surface area contributed by atoms with Crippen LogP contribution >= 0.6 is 0 Å². The summed E-state index contributed by atoms with van der Waals surface area (Å²) >= 11 is 0. The minimum atomic E-state index is 0.549. The van der Waals surface area contributed by atoms with Crippen LogP contribution in [0.15, 0.2) is 24.3 Å². The molecule has 1 heterocycles. The van der Waals surface area contributed by atoms with Gasteiger partial charge in [0.15, 0.2) is 0 Å². The van der Waals surface area contributed by atoms with E-state index in [0.29, 0.717) is 6.04 Å². The maximum atomic E-state index is 5.44. The Kier molecular flexibility index (Phi) is 6.40. The van der Waals surface area contributed by atoms with Gasteiger partial charge in [-0.25, -0.2) is 4.68 Å². The molecule has 1 N–H and O–H groups in total. The van der Waals surface area contributed by atoms with Crippen molar-refractivity contribution in [2.24, 2.45) is 7.05 Å². The van der Waals surface area contributed by atoms with Gasteiger partial charge in [-0.1, -0.05) is 24.3 Å². The number of rotatable bonds is 8. The summed E-state index contributed by atoms with van der Waals surface area (Å²) in [5.74, 6) is 0.826. The summed E-state index contributed by atoms with van der Waals surface area (Å²) in [6.07, 6.45) is 0. The quantitative estimate of drug-likeness (QED) is 0.808. The first-order valence-electron chi connectivity index (χ1n) is 8.47. The Morgan fingerprint density at radius 3 is 2.62 bits per heavy atom. The molecule has 0 saturated carbocycles. The lowest BCUT2D eigenvalue weighted by Gasteiger charge is -2.21. The van der Waals surface area contributed by atoms with Crippen molar-refractivity contribution in [2.45, 2.75) is 46.4 Å². The largest absolute Gasteiger partial charge is 0.481 e. The molecule has 0 atom stereocenters. The Morgan fingerprint density at radius 1 is 1.25 bits per heavy atom. The fourth-order valence-electron chi connectivity index (χ4n) is 2.78. The smallest absolute Gasteiger partial charge is 0.216 e. The van der Waals surface area contributed by atoms with Gasteiger partial charge in [0, 0.05) is 32.7 Å². The molecule has 0 unspecified atom stereocenters. The summed E-state index contributed by atoms with van der Waals surface area (Å²) < 4.78 is 7.23. The van der Waals surface area contributed by atoms with Crippen molar-refractivity contribution in [3.63, 3.8) is 0 Å². The molecule has 0 spiro atoms. The molecule has 0 radical (unpaired) electrons. The van der Waals surface area contributed by atoms with E-state index in [1.54, 1.807) is 11.8 Å². The lowest BCUT2D eigenvalue weighted by Crippen LogP contribution is -2.25. The monoisotopic (exact) mass is 330 g/mol. The van der Waals surface area contributed by atoms with E-state index in [2.05, 4.69) is 60.5 Å². The van der Waals surface area contributed by atoms with Crippen LogP contribution in [0.1, 0.15) is 36.2 Å². The Bertz CT molecular complexity index is 663. The van der Waals surface area contributed by atoms with Crippen molar-refractivity contribution in [3.05, 3.63) is 46.6 Å². The predicted octanol–water partition coefficient (Wildman–Crippen LogP) is 2.87. The van der Waals surface area contributed by atoms with Crippen molar-refractivity contribution >= 4 is 0 Å². The molecule has 1 aromatic carbocycles. The van der Waals surface area contributed by atoms with E-state index in [9.17, 15) is 0 Å². The van der Waals surface area contributed by atoms with Crippen molar-refractivity contribution in [2.75, 3.05) is 14.2 Å². The molecule has 0 fully saturated rings. The Labute approximate surface area is 145 Å². The molecule has 5 heteroatoms. The van der Waals surface area contributed by atoms with Gasteiger partial charge in [-0.3, -0.25) is 4.90 Å². The molecule has 2 aromatic rings. The number of nitrogens with one attached hydrogen (secondary N) is 1. The molecule has 0 aliphatic heterocycles. The average Bonchev–Trinajstić information content (AvgIpc) is 2.81. The number of nitrogens with zero attached hydrogens (tertiary/aromatic N) is 3. The highest BCUT2D eigenvalue weighted by Crippen LogP contribution is 2.20. The second-order valence-electron chi connectivity index (χ2n) is 6.63. The lowest BCUT2D eigenvalue weighted by molar-refractivity contribution is 0.266. The Balaban J connectivity index is 1.96. The van der Waals surface area contributed by atoms with Crippen LogP contribution in [0.3, 0.4) is 0 Å². The van der Waals surface area contributed by atoms with Gasteiger partial charge in [0.25, 0.3) is 0 Å². The minimum absolute atomic E-state index is 0.549. The molecule has 2 rings (SSSR count). The standard InChI is InChI=1S/C19H30N4O/c1-14(2)22(4)13-17-9-7-8-16(10-17)11-20-12-18-15(3)21-23(5)19(18)24-6/h7-10,14,20H,11-13H2,1-6H3. The number of benzene rings is 1. The van der Waals surface area contributed by atoms with Gasteiger partial charge in [0.05, 0.1) is 18.4 Å². The molecule has 5 nitrogen and oxygen atoms in total. The number of methoxy groups -OCH3 is 1. The van der Waals surface area contributed by atoms with E-state index < -0.39 is 0 Å². The molecular formula is C19H30N4O. The van der Waals surface area contributed by atoms with E-state index in [-0.39, 0.29) is 0 Å². The van der Waals surface area contributed by atoms with E-state index in [1.165, 1.54) is 11.1 Å². The number of hydrogen-bond acceptors (Lipinski definition) is 4.